The number of hydrogen-bond donors (Lipinski definition) is 1. The molecule has 3 heterocycles. The number of fused-ring (bicyclic) bond motifs is 1. The standard InChI is InChI=1S/C22H16N6OS/c1-27-12-17(16-4-2-3-5-19(16)27)18-10-20(24-22-25-21(29)13-30-22)28(26-18)15-8-6-14(11-23)7-9-15/h2-10,12H,13H2,1H3,(H,24,25,29). The number of aromatic nitrogens is 3. The molecule has 7 nitrogen and oxygen atoms in total. The van der Waals surface area contributed by atoms with Gasteiger partial charge in [0.25, 0.3) is 0 Å². The van der Waals surface area contributed by atoms with Crippen LogP contribution in [-0.2, 0) is 11.8 Å². The van der Waals surface area contributed by atoms with Crippen molar-refractivity contribution in [3.8, 4) is 23.0 Å². The second kappa shape index (κ2) is 7.21. The van der Waals surface area contributed by atoms with Crippen LogP contribution in [0.3, 0.4) is 0 Å². The van der Waals surface area contributed by atoms with Crippen molar-refractivity contribution in [2.45, 2.75) is 0 Å². The molecule has 1 aliphatic rings. The van der Waals surface area contributed by atoms with Crippen molar-refractivity contribution >= 4 is 39.6 Å². The summed E-state index contributed by atoms with van der Waals surface area (Å²) in [6, 6.07) is 19.4. The van der Waals surface area contributed by atoms with Gasteiger partial charge in [-0.2, -0.15) is 10.4 Å². The largest absolute Gasteiger partial charge is 0.350 e. The molecule has 1 fully saturated rings. The third-order valence-corrected chi connectivity index (χ3v) is 5.78. The van der Waals surface area contributed by atoms with Crippen molar-refractivity contribution < 1.29 is 4.79 Å². The Kier molecular flexibility index (Phi) is 4.38. The van der Waals surface area contributed by atoms with Crippen LogP contribution >= 0.6 is 11.8 Å². The van der Waals surface area contributed by atoms with Crippen molar-refractivity contribution in [2.24, 2.45) is 12.0 Å². The zero-order valence-electron chi connectivity index (χ0n) is 16.0. The first-order valence-corrected chi connectivity index (χ1v) is 10.3. The van der Waals surface area contributed by atoms with Gasteiger partial charge in [0.1, 0.15) is 0 Å². The molecule has 1 amide bonds. The van der Waals surface area contributed by atoms with Gasteiger partial charge in [0, 0.05) is 35.8 Å². The maximum atomic E-state index is 11.6. The highest BCUT2D eigenvalue weighted by molar-refractivity contribution is 8.15. The van der Waals surface area contributed by atoms with Gasteiger partial charge in [0.15, 0.2) is 11.0 Å². The Bertz CT molecular complexity index is 1360. The van der Waals surface area contributed by atoms with Gasteiger partial charge in [0.05, 0.1) is 28.8 Å². The van der Waals surface area contributed by atoms with E-state index in [1.54, 1.807) is 16.8 Å². The van der Waals surface area contributed by atoms with E-state index in [1.165, 1.54) is 11.8 Å². The van der Waals surface area contributed by atoms with Gasteiger partial charge in [-0.1, -0.05) is 30.0 Å². The molecule has 1 N–H and O–H groups in total. The molecular weight excluding hydrogens is 396 g/mol. The summed E-state index contributed by atoms with van der Waals surface area (Å²) in [5, 5.41) is 18.3. The first kappa shape index (κ1) is 18.2. The van der Waals surface area contributed by atoms with Gasteiger partial charge in [-0.15, -0.1) is 0 Å². The average molecular weight is 412 g/mol. The number of aryl methyl sites for hydroxylation is 1. The second-order valence-electron chi connectivity index (χ2n) is 6.88. The SMILES string of the molecule is Cn1cc(-c2cc(/N=C3/NC(=O)CS3)n(-c3ccc(C#N)cc3)n2)c2ccccc21. The predicted molar refractivity (Wildman–Crippen MR) is 118 cm³/mol. The molecule has 0 radical (unpaired) electrons. The van der Waals surface area contributed by atoms with Crippen LogP contribution < -0.4 is 5.32 Å². The minimum atomic E-state index is -0.0579. The van der Waals surface area contributed by atoms with Crippen molar-refractivity contribution in [2.75, 3.05) is 5.75 Å². The number of carbonyl (C=O) groups excluding carboxylic acids is 1. The van der Waals surface area contributed by atoms with Crippen molar-refractivity contribution in [3.05, 3.63) is 66.4 Å². The maximum absolute atomic E-state index is 11.6. The van der Waals surface area contributed by atoms with Crippen molar-refractivity contribution in [3.63, 3.8) is 0 Å². The zero-order valence-corrected chi connectivity index (χ0v) is 16.8. The van der Waals surface area contributed by atoms with E-state index in [1.807, 2.05) is 37.4 Å². The summed E-state index contributed by atoms with van der Waals surface area (Å²) in [4.78, 5) is 16.2. The number of rotatable bonds is 3. The molecule has 146 valence electrons. The van der Waals surface area contributed by atoms with Gasteiger partial charge < -0.3 is 9.88 Å². The van der Waals surface area contributed by atoms with E-state index in [0.717, 1.165) is 27.8 Å². The lowest BCUT2D eigenvalue weighted by Crippen LogP contribution is -2.20. The molecule has 1 saturated heterocycles. The topological polar surface area (TPSA) is 88.0 Å². The summed E-state index contributed by atoms with van der Waals surface area (Å²) in [6.07, 6.45) is 2.05. The van der Waals surface area contributed by atoms with Crippen LogP contribution in [0.2, 0.25) is 0 Å². The Morgan fingerprint density at radius 1 is 1.20 bits per heavy atom. The number of benzene rings is 2. The van der Waals surface area contributed by atoms with E-state index in [0.29, 0.717) is 22.3 Å². The number of nitrogens with one attached hydrogen (secondary N) is 1. The van der Waals surface area contributed by atoms with Crippen LogP contribution in [0, 0.1) is 11.3 Å². The summed E-state index contributed by atoms with van der Waals surface area (Å²) in [6.45, 7) is 0. The summed E-state index contributed by atoms with van der Waals surface area (Å²) in [5.41, 5.74) is 4.27. The number of para-hydroxylation sites is 1. The van der Waals surface area contributed by atoms with E-state index in [2.05, 4.69) is 39.3 Å². The number of hydrogen-bond acceptors (Lipinski definition) is 5. The smallest absolute Gasteiger partial charge is 0.236 e. The highest BCUT2D eigenvalue weighted by Gasteiger charge is 2.20. The van der Waals surface area contributed by atoms with E-state index >= 15 is 0 Å². The first-order valence-electron chi connectivity index (χ1n) is 9.29. The molecule has 1 aliphatic heterocycles. The third kappa shape index (κ3) is 3.15. The van der Waals surface area contributed by atoms with Crippen LogP contribution in [0.5, 0.6) is 0 Å². The fourth-order valence-electron chi connectivity index (χ4n) is 3.49. The molecule has 5 rings (SSSR count). The quantitative estimate of drug-likeness (QED) is 0.555. The lowest BCUT2D eigenvalue weighted by molar-refractivity contribution is -0.116. The van der Waals surface area contributed by atoms with Gasteiger partial charge in [-0.05, 0) is 30.3 Å². The zero-order chi connectivity index (χ0) is 20.7. The van der Waals surface area contributed by atoms with Gasteiger partial charge in [-0.3, -0.25) is 4.79 Å². The summed E-state index contributed by atoms with van der Waals surface area (Å²) < 4.78 is 3.81. The Hall–Kier alpha value is -3.83. The molecule has 0 aliphatic carbocycles. The van der Waals surface area contributed by atoms with Crippen LogP contribution in [0.15, 0.2) is 65.8 Å². The first-order chi connectivity index (χ1) is 14.6. The number of aliphatic imine (C=N–C) groups is 1. The van der Waals surface area contributed by atoms with E-state index in [4.69, 9.17) is 10.4 Å². The van der Waals surface area contributed by atoms with E-state index in [9.17, 15) is 4.79 Å². The predicted octanol–water partition coefficient (Wildman–Crippen LogP) is 3.75. The molecule has 0 unspecified atom stereocenters. The van der Waals surface area contributed by atoms with Crippen LogP contribution in [0.25, 0.3) is 27.8 Å². The van der Waals surface area contributed by atoms with Crippen molar-refractivity contribution in [1.29, 1.82) is 5.26 Å². The average Bonchev–Trinajstić information content (AvgIpc) is 3.46. The Morgan fingerprint density at radius 2 is 2.00 bits per heavy atom. The highest BCUT2D eigenvalue weighted by Crippen LogP contribution is 2.33. The van der Waals surface area contributed by atoms with E-state index in [-0.39, 0.29) is 5.91 Å². The fraction of sp³-hybridized carbons (Fsp3) is 0.0909. The van der Waals surface area contributed by atoms with Gasteiger partial charge >= 0.3 is 0 Å². The molecule has 8 heteroatoms. The lowest BCUT2D eigenvalue weighted by Gasteiger charge is -2.04. The molecule has 0 atom stereocenters. The molecule has 4 aromatic rings. The van der Waals surface area contributed by atoms with Crippen molar-refractivity contribution in [1.82, 2.24) is 19.7 Å². The van der Waals surface area contributed by atoms with Gasteiger partial charge in [0.2, 0.25) is 5.91 Å². The monoisotopic (exact) mass is 412 g/mol. The van der Waals surface area contributed by atoms with Crippen LogP contribution in [0.4, 0.5) is 5.82 Å². The third-order valence-electron chi connectivity index (χ3n) is 4.91. The summed E-state index contributed by atoms with van der Waals surface area (Å²) in [5.74, 6) is 0.907. The Balaban J connectivity index is 1.67. The Labute approximate surface area is 176 Å². The van der Waals surface area contributed by atoms with Gasteiger partial charge in [-0.25, -0.2) is 9.67 Å². The number of nitrogens with zero attached hydrogens (tertiary/aromatic N) is 5. The molecule has 30 heavy (non-hydrogen) atoms. The number of thioether (sulfide) groups is 1. The fourth-order valence-corrected chi connectivity index (χ4v) is 4.17. The lowest BCUT2D eigenvalue weighted by atomic mass is 10.1. The maximum Gasteiger partial charge on any atom is 0.236 e. The molecule has 2 aromatic carbocycles. The molecule has 2 aromatic heterocycles. The number of nitriles is 1. The summed E-state index contributed by atoms with van der Waals surface area (Å²) in [7, 11) is 2.01. The van der Waals surface area contributed by atoms with E-state index < -0.39 is 0 Å². The Morgan fingerprint density at radius 3 is 2.73 bits per heavy atom. The number of amidine groups is 1. The normalized spacial score (nSPS) is 14.9. The second-order valence-corrected chi connectivity index (χ2v) is 7.85. The molecule has 0 bridgehead atoms. The highest BCUT2D eigenvalue weighted by atomic mass is 32.2. The number of amides is 1. The number of carbonyl (C=O) groups is 1. The minimum Gasteiger partial charge on any atom is -0.350 e. The van der Waals surface area contributed by atoms with Crippen LogP contribution in [-0.4, -0.2) is 31.2 Å². The molecular formula is C22H16N6OS. The molecule has 0 saturated carbocycles. The minimum absolute atomic E-state index is 0.0579. The van der Waals surface area contributed by atoms with Crippen LogP contribution in [0.1, 0.15) is 5.56 Å². The summed E-state index contributed by atoms with van der Waals surface area (Å²) >= 11 is 1.37. The molecule has 0 spiro atoms.